The Balaban J connectivity index is 1.95. The van der Waals surface area contributed by atoms with Crippen molar-refractivity contribution in [2.24, 2.45) is 5.92 Å². The molecular weight excluding hydrogens is 274 g/mol. The van der Waals surface area contributed by atoms with Crippen molar-refractivity contribution >= 4 is 17.7 Å². The molecule has 1 aromatic rings. The SMILES string of the molecule is COCC1CCN(C(=O)Nc2cccnc2C(=O)O)CC1. The zero-order valence-corrected chi connectivity index (χ0v) is 11.9. The van der Waals surface area contributed by atoms with E-state index in [9.17, 15) is 9.59 Å². The van der Waals surface area contributed by atoms with E-state index >= 15 is 0 Å². The number of urea groups is 1. The van der Waals surface area contributed by atoms with Crippen molar-refractivity contribution in [3.8, 4) is 0 Å². The fourth-order valence-electron chi connectivity index (χ4n) is 2.41. The van der Waals surface area contributed by atoms with Gasteiger partial charge in [0.15, 0.2) is 5.69 Å². The Morgan fingerprint density at radius 2 is 2.19 bits per heavy atom. The van der Waals surface area contributed by atoms with Crippen LogP contribution < -0.4 is 5.32 Å². The number of aromatic nitrogens is 1. The van der Waals surface area contributed by atoms with Gasteiger partial charge in [-0.05, 0) is 30.9 Å². The number of carbonyl (C=O) groups excluding carboxylic acids is 1. The Hall–Kier alpha value is -2.15. The highest BCUT2D eigenvalue weighted by Gasteiger charge is 2.23. The van der Waals surface area contributed by atoms with E-state index < -0.39 is 5.97 Å². The first-order valence-corrected chi connectivity index (χ1v) is 6.85. The molecule has 2 N–H and O–H groups in total. The number of aromatic carboxylic acids is 1. The van der Waals surface area contributed by atoms with Gasteiger partial charge < -0.3 is 20.1 Å². The largest absolute Gasteiger partial charge is 0.476 e. The van der Waals surface area contributed by atoms with Crippen LogP contribution >= 0.6 is 0 Å². The molecule has 0 saturated carbocycles. The fourth-order valence-corrected chi connectivity index (χ4v) is 2.41. The summed E-state index contributed by atoms with van der Waals surface area (Å²) in [5.74, 6) is -0.684. The van der Waals surface area contributed by atoms with E-state index in [1.165, 1.54) is 12.3 Å². The monoisotopic (exact) mass is 293 g/mol. The predicted octanol–water partition coefficient (Wildman–Crippen LogP) is 1.67. The first-order valence-electron chi connectivity index (χ1n) is 6.85. The number of ether oxygens (including phenoxy) is 1. The van der Waals surface area contributed by atoms with E-state index in [1.54, 1.807) is 18.1 Å². The molecular formula is C14H19N3O4. The lowest BCUT2D eigenvalue weighted by atomic mass is 9.98. The van der Waals surface area contributed by atoms with Gasteiger partial charge >= 0.3 is 12.0 Å². The molecule has 0 bridgehead atoms. The van der Waals surface area contributed by atoms with E-state index in [-0.39, 0.29) is 17.4 Å². The number of hydrogen-bond acceptors (Lipinski definition) is 4. The molecule has 0 atom stereocenters. The molecule has 1 saturated heterocycles. The van der Waals surface area contributed by atoms with Gasteiger partial charge in [0, 0.05) is 33.0 Å². The molecule has 0 unspecified atom stereocenters. The van der Waals surface area contributed by atoms with Gasteiger partial charge in [0.1, 0.15) is 0 Å². The molecule has 21 heavy (non-hydrogen) atoms. The van der Waals surface area contributed by atoms with Crippen LogP contribution in [0.4, 0.5) is 10.5 Å². The summed E-state index contributed by atoms with van der Waals surface area (Å²) < 4.78 is 5.12. The molecule has 1 aliphatic rings. The van der Waals surface area contributed by atoms with Crippen LogP contribution in [0.1, 0.15) is 23.3 Å². The summed E-state index contributed by atoms with van der Waals surface area (Å²) in [4.78, 5) is 28.7. The van der Waals surface area contributed by atoms with Crippen molar-refractivity contribution in [3.63, 3.8) is 0 Å². The molecule has 1 aromatic heterocycles. The third-order valence-electron chi connectivity index (χ3n) is 3.56. The van der Waals surface area contributed by atoms with Crippen LogP contribution in [0.3, 0.4) is 0 Å². The first kappa shape index (κ1) is 15.2. The number of hydrogen-bond donors (Lipinski definition) is 2. The lowest BCUT2D eigenvalue weighted by molar-refractivity contribution is 0.0691. The lowest BCUT2D eigenvalue weighted by Gasteiger charge is -2.31. The third-order valence-corrected chi connectivity index (χ3v) is 3.56. The topological polar surface area (TPSA) is 91.8 Å². The van der Waals surface area contributed by atoms with Gasteiger partial charge in [-0.15, -0.1) is 0 Å². The van der Waals surface area contributed by atoms with Crippen molar-refractivity contribution in [1.82, 2.24) is 9.88 Å². The van der Waals surface area contributed by atoms with Crippen molar-refractivity contribution < 1.29 is 19.4 Å². The molecule has 2 amide bonds. The van der Waals surface area contributed by atoms with E-state index in [1.807, 2.05) is 0 Å². The average Bonchev–Trinajstić information content (AvgIpc) is 2.48. The molecule has 2 rings (SSSR count). The number of carboxylic acid groups (broad SMARTS) is 1. The van der Waals surface area contributed by atoms with Gasteiger partial charge in [0.2, 0.25) is 0 Å². The minimum Gasteiger partial charge on any atom is -0.476 e. The minimum absolute atomic E-state index is 0.153. The van der Waals surface area contributed by atoms with Crippen molar-refractivity contribution in [2.45, 2.75) is 12.8 Å². The predicted molar refractivity (Wildman–Crippen MR) is 76.4 cm³/mol. The smallest absolute Gasteiger partial charge is 0.356 e. The molecule has 0 aliphatic carbocycles. The van der Waals surface area contributed by atoms with Crippen LogP contribution in [-0.2, 0) is 4.74 Å². The number of anilines is 1. The Morgan fingerprint density at radius 1 is 1.48 bits per heavy atom. The summed E-state index contributed by atoms with van der Waals surface area (Å²) in [7, 11) is 1.68. The van der Waals surface area contributed by atoms with Gasteiger partial charge in [-0.2, -0.15) is 0 Å². The van der Waals surface area contributed by atoms with E-state index in [0.717, 1.165) is 12.8 Å². The number of pyridine rings is 1. The van der Waals surface area contributed by atoms with Gasteiger partial charge in [0.25, 0.3) is 0 Å². The molecule has 114 valence electrons. The Bertz CT molecular complexity index is 513. The molecule has 1 fully saturated rings. The average molecular weight is 293 g/mol. The number of carbonyl (C=O) groups is 2. The number of nitrogens with zero attached hydrogens (tertiary/aromatic N) is 2. The molecule has 7 nitrogen and oxygen atoms in total. The van der Waals surface area contributed by atoms with Gasteiger partial charge in [-0.1, -0.05) is 0 Å². The maximum atomic E-state index is 12.2. The normalized spacial score (nSPS) is 15.8. The second-order valence-electron chi connectivity index (χ2n) is 5.02. The number of rotatable bonds is 4. The van der Waals surface area contributed by atoms with Crippen LogP contribution in [0.15, 0.2) is 18.3 Å². The summed E-state index contributed by atoms with van der Waals surface area (Å²) in [5, 5.41) is 11.7. The number of amides is 2. The fraction of sp³-hybridized carbons (Fsp3) is 0.500. The Kier molecular flexibility index (Phi) is 5.10. The zero-order chi connectivity index (χ0) is 15.2. The van der Waals surface area contributed by atoms with Crippen LogP contribution in [0.25, 0.3) is 0 Å². The lowest BCUT2D eigenvalue weighted by Crippen LogP contribution is -2.42. The maximum Gasteiger partial charge on any atom is 0.356 e. The van der Waals surface area contributed by atoms with Crippen LogP contribution in [0, 0.1) is 5.92 Å². The second kappa shape index (κ2) is 7.03. The maximum absolute atomic E-state index is 12.2. The summed E-state index contributed by atoms with van der Waals surface area (Å²) in [6.45, 7) is 1.99. The standard InChI is InChI=1S/C14H19N3O4/c1-21-9-10-4-7-17(8-5-10)14(20)16-11-3-2-6-15-12(11)13(18)19/h2-3,6,10H,4-5,7-9H2,1H3,(H,16,20)(H,18,19). The van der Waals surface area contributed by atoms with Crippen LogP contribution in [0.2, 0.25) is 0 Å². The molecule has 1 aliphatic heterocycles. The van der Waals surface area contributed by atoms with E-state index in [2.05, 4.69) is 10.3 Å². The van der Waals surface area contributed by atoms with Crippen LogP contribution in [0.5, 0.6) is 0 Å². The molecule has 7 heteroatoms. The van der Waals surface area contributed by atoms with Gasteiger partial charge in [-0.25, -0.2) is 14.6 Å². The molecule has 0 spiro atoms. The zero-order valence-electron chi connectivity index (χ0n) is 11.9. The van der Waals surface area contributed by atoms with Crippen molar-refractivity contribution in [3.05, 3.63) is 24.0 Å². The number of likely N-dealkylation sites (tertiary alicyclic amines) is 1. The summed E-state index contributed by atoms with van der Waals surface area (Å²) in [5.41, 5.74) is 0.0640. The highest BCUT2D eigenvalue weighted by Crippen LogP contribution is 2.19. The summed E-state index contributed by atoms with van der Waals surface area (Å²) in [6.07, 6.45) is 3.16. The summed E-state index contributed by atoms with van der Waals surface area (Å²) in [6, 6.07) is 2.83. The van der Waals surface area contributed by atoms with Gasteiger partial charge in [0.05, 0.1) is 5.69 Å². The van der Waals surface area contributed by atoms with Crippen molar-refractivity contribution in [1.29, 1.82) is 0 Å². The first-order chi connectivity index (χ1) is 10.1. The Labute approximate surface area is 122 Å². The van der Waals surface area contributed by atoms with Crippen LogP contribution in [-0.4, -0.2) is 53.8 Å². The molecule has 0 radical (unpaired) electrons. The molecule has 2 heterocycles. The number of nitrogens with one attached hydrogen (secondary N) is 1. The van der Waals surface area contributed by atoms with Crippen molar-refractivity contribution in [2.75, 3.05) is 32.1 Å². The second-order valence-corrected chi connectivity index (χ2v) is 5.02. The molecule has 0 aromatic carbocycles. The van der Waals surface area contributed by atoms with E-state index in [0.29, 0.717) is 25.6 Å². The summed E-state index contributed by atoms with van der Waals surface area (Å²) >= 11 is 0. The highest BCUT2D eigenvalue weighted by molar-refractivity contribution is 5.98. The quantitative estimate of drug-likeness (QED) is 0.881. The number of carboxylic acids is 1. The number of methoxy groups -OCH3 is 1. The Morgan fingerprint density at radius 3 is 2.81 bits per heavy atom. The van der Waals surface area contributed by atoms with E-state index in [4.69, 9.17) is 9.84 Å². The highest BCUT2D eigenvalue weighted by atomic mass is 16.5. The minimum atomic E-state index is -1.16. The van der Waals surface area contributed by atoms with Gasteiger partial charge in [-0.3, -0.25) is 0 Å². The third kappa shape index (κ3) is 3.91. The number of piperidine rings is 1.